The highest BCUT2D eigenvalue weighted by Gasteiger charge is 2.35. The Morgan fingerprint density at radius 1 is 1.21 bits per heavy atom. The normalized spacial score (nSPS) is 16.6. The highest BCUT2D eigenvalue weighted by molar-refractivity contribution is 6.00. The van der Waals surface area contributed by atoms with Crippen molar-refractivity contribution in [3.63, 3.8) is 0 Å². The van der Waals surface area contributed by atoms with Crippen molar-refractivity contribution >= 4 is 17.5 Å². The molecule has 3 heterocycles. The van der Waals surface area contributed by atoms with E-state index in [9.17, 15) is 9.59 Å². The second-order valence-electron chi connectivity index (χ2n) is 7.05. The number of hydrogen-bond acceptors (Lipinski definition) is 5. The van der Waals surface area contributed by atoms with E-state index in [4.69, 9.17) is 8.94 Å². The lowest BCUT2D eigenvalue weighted by molar-refractivity contribution is -0.126. The van der Waals surface area contributed by atoms with Crippen molar-refractivity contribution < 1.29 is 18.5 Å². The summed E-state index contributed by atoms with van der Waals surface area (Å²) in [5, 5.41) is 6.78. The van der Waals surface area contributed by atoms with Crippen LogP contribution in [0.1, 0.15) is 23.2 Å². The SMILES string of the molecule is Cc1ccc(N2CC(C(=O)NCc3cc(-c4ccco4)on3)CC2=O)cc1C. The van der Waals surface area contributed by atoms with Crippen LogP contribution in [-0.2, 0) is 16.1 Å². The summed E-state index contributed by atoms with van der Waals surface area (Å²) in [4.78, 5) is 26.6. The lowest BCUT2D eigenvalue weighted by Gasteiger charge is -2.18. The maximum atomic E-state index is 12.5. The van der Waals surface area contributed by atoms with Crippen LogP contribution < -0.4 is 10.2 Å². The van der Waals surface area contributed by atoms with E-state index in [-0.39, 0.29) is 30.7 Å². The number of aryl methyl sites for hydroxylation is 2. The van der Waals surface area contributed by atoms with Crippen LogP contribution in [0.15, 0.2) is 51.6 Å². The van der Waals surface area contributed by atoms with Gasteiger partial charge in [0, 0.05) is 24.7 Å². The van der Waals surface area contributed by atoms with Gasteiger partial charge in [0.15, 0.2) is 5.76 Å². The van der Waals surface area contributed by atoms with Crippen molar-refractivity contribution in [3.8, 4) is 11.5 Å². The van der Waals surface area contributed by atoms with Crippen LogP contribution >= 0.6 is 0 Å². The van der Waals surface area contributed by atoms with Gasteiger partial charge in [-0.1, -0.05) is 11.2 Å². The molecule has 1 fully saturated rings. The van der Waals surface area contributed by atoms with E-state index < -0.39 is 0 Å². The minimum absolute atomic E-state index is 0.0371. The number of rotatable bonds is 5. The molecule has 4 rings (SSSR count). The molecule has 28 heavy (non-hydrogen) atoms. The second kappa shape index (κ2) is 7.34. The predicted molar refractivity (Wildman–Crippen MR) is 102 cm³/mol. The van der Waals surface area contributed by atoms with Crippen LogP contribution in [0, 0.1) is 19.8 Å². The van der Waals surface area contributed by atoms with E-state index in [0.717, 1.165) is 11.3 Å². The maximum absolute atomic E-state index is 12.5. The van der Waals surface area contributed by atoms with Crippen molar-refractivity contribution in [2.75, 3.05) is 11.4 Å². The van der Waals surface area contributed by atoms with Gasteiger partial charge >= 0.3 is 0 Å². The molecule has 0 radical (unpaired) electrons. The lowest BCUT2D eigenvalue weighted by Crippen LogP contribution is -2.32. The lowest BCUT2D eigenvalue weighted by atomic mass is 10.1. The molecule has 1 aromatic carbocycles. The molecule has 0 aliphatic carbocycles. The first-order chi connectivity index (χ1) is 13.5. The molecule has 2 amide bonds. The van der Waals surface area contributed by atoms with Crippen LogP contribution in [0.2, 0.25) is 0 Å². The standard InChI is InChI=1S/C21H21N3O4/c1-13-5-6-17(8-14(13)2)24-12-15(9-20(24)25)21(26)22-11-16-10-19(28-23-16)18-4-3-7-27-18/h3-8,10,15H,9,11-12H2,1-2H3,(H,22,26). The molecular formula is C21H21N3O4. The minimum Gasteiger partial charge on any atom is -0.461 e. The Morgan fingerprint density at radius 2 is 2.07 bits per heavy atom. The maximum Gasteiger partial charge on any atom is 0.227 e. The average Bonchev–Trinajstić information content (AvgIpc) is 3.42. The Labute approximate surface area is 162 Å². The summed E-state index contributed by atoms with van der Waals surface area (Å²) in [5.74, 6) is 0.499. The topological polar surface area (TPSA) is 88.6 Å². The zero-order chi connectivity index (χ0) is 19.7. The molecular weight excluding hydrogens is 358 g/mol. The number of carbonyl (C=O) groups excluding carboxylic acids is 2. The Morgan fingerprint density at radius 3 is 2.82 bits per heavy atom. The smallest absolute Gasteiger partial charge is 0.227 e. The van der Waals surface area contributed by atoms with E-state index in [1.807, 2.05) is 32.0 Å². The van der Waals surface area contributed by atoms with Crippen molar-refractivity contribution in [2.45, 2.75) is 26.8 Å². The number of amides is 2. The largest absolute Gasteiger partial charge is 0.461 e. The van der Waals surface area contributed by atoms with Gasteiger partial charge in [-0.05, 0) is 49.2 Å². The molecule has 1 N–H and O–H groups in total. The number of hydrogen-bond donors (Lipinski definition) is 1. The molecule has 7 nitrogen and oxygen atoms in total. The van der Waals surface area contributed by atoms with Crippen molar-refractivity contribution in [1.29, 1.82) is 0 Å². The summed E-state index contributed by atoms with van der Waals surface area (Å²) in [7, 11) is 0. The van der Waals surface area contributed by atoms with E-state index in [1.54, 1.807) is 29.4 Å². The number of aromatic nitrogens is 1. The van der Waals surface area contributed by atoms with Crippen LogP contribution in [0.5, 0.6) is 0 Å². The van der Waals surface area contributed by atoms with Gasteiger partial charge in [-0.2, -0.15) is 0 Å². The van der Waals surface area contributed by atoms with Gasteiger partial charge < -0.3 is 19.2 Å². The number of nitrogens with one attached hydrogen (secondary N) is 1. The third-order valence-corrected chi connectivity index (χ3v) is 5.06. The Bertz CT molecular complexity index is 1010. The fourth-order valence-corrected chi connectivity index (χ4v) is 3.28. The number of benzene rings is 1. The number of nitrogens with zero attached hydrogens (tertiary/aromatic N) is 2. The van der Waals surface area contributed by atoms with Gasteiger partial charge in [0.25, 0.3) is 0 Å². The first kappa shape index (κ1) is 18.0. The Balaban J connectivity index is 1.36. The summed E-state index contributed by atoms with van der Waals surface area (Å²) in [5.41, 5.74) is 3.72. The van der Waals surface area contributed by atoms with Gasteiger partial charge in [0.2, 0.25) is 17.6 Å². The van der Waals surface area contributed by atoms with E-state index in [2.05, 4.69) is 10.5 Å². The zero-order valence-corrected chi connectivity index (χ0v) is 15.8. The molecule has 3 aromatic rings. The number of carbonyl (C=O) groups is 2. The quantitative estimate of drug-likeness (QED) is 0.735. The molecule has 1 aliphatic rings. The van der Waals surface area contributed by atoms with Crippen LogP contribution in [0.4, 0.5) is 5.69 Å². The van der Waals surface area contributed by atoms with Gasteiger partial charge in [-0.3, -0.25) is 9.59 Å². The molecule has 0 spiro atoms. The van der Waals surface area contributed by atoms with E-state index >= 15 is 0 Å². The number of anilines is 1. The minimum atomic E-state index is -0.384. The third-order valence-electron chi connectivity index (χ3n) is 5.06. The van der Waals surface area contributed by atoms with Crippen molar-refractivity contribution in [2.24, 2.45) is 5.92 Å². The highest BCUT2D eigenvalue weighted by atomic mass is 16.5. The second-order valence-corrected chi connectivity index (χ2v) is 7.05. The summed E-state index contributed by atoms with van der Waals surface area (Å²) < 4.78 is 10.5. The van der Waals surface area contributed by atoms with Gasteiger partial charge in [0.1, 0.15) is 5.69 Å². The van der Waals surface area contributed by atoms with Gasteiger partial charge in [-0.15, -0.1) is 0 Å². The molecule has 0 bridgehead atoms. The van der Waals surface area contributed by atoms with Crippen LogP contribution in [0.25, 0.3) is 11.5 Å². The van der Waals surface area contributed by atoms with Gasteiger partial charge in [-0.25, -0.2) is 0 Å². The molecule has 144 valence electrons. The third kappa shape index (κ3) is 3.55. The van der Waals surface area contributed by atoms with Crippen molar-refractivity contribution in [1.82, 2.24) is 10.5 Å². The molecule has 2 aromatic heterocycles. The van der Waals surface area contributed by atoms with Crippen LogP contribution in [-0.4, -0.2) is 23.5 Å². The van der Waals surface area contributed by atoms with Crippen LogP contribution in [0.3, 0.4) is 0 Å². The fourth-order valence-electron chi connectivity index (χ4n) is 3.28. The van der Waals surface area contributed by atoms with E-state index in [0.29, 0.717) is 23.8 Å². The fraction of sp³-hybridized carbons (Fsp3) is 0.286. The molecule has 7 heteroatoms. The zero-order valence-electron chi connectivity index (χ0n) is 15.8. The first-order valence-electron chi connectivity index (χ1n) is 9.16. The molecule has 1 unspecified atom stereocenters. The van der Waals surface area contributed by atoms with Crippen molar-refractivity contribution in [3.05, 3.63) is 59.5 Å². The highest BCUT2D eigenvalue weighted by Crippen LogP contribution is 2.27. The monoisotopic (exact) mass is 379 g/mol. The molecule has 1 atom stereocenters. The first-order valence-corrected chi connectivity index (χ1v) is 9.16. The summed E-state index contributed by atoms with van der Waals surface area (Å²) in [6, 6.07) is 11.2. The summed E-state index contributed by atoms with van der Waals surface area (Å²) in [6.45, 7) is 4.65. The van der Waals surface area contributed by atoms with Gasteiger partial charge in [0.05, 0.1) is 18.7 Å². The summed E-state index contributed by atoms with van der Waals surface area (Å²) in [6.07, 6.45) is 1.76. The molecule has 0 saturated carbocycles. The van der Waals surface area contributed by atoms with E-state index in [1.165, 1.54) is 5.56 Å². The Hall–Kier alpha value is -3.35. The Kier molecular flexibility index (Phi) is 4.73. The summed E-state index contributed by atoms with van der Waals surface area (Å²) >= 11 is 0. The average molecular weight is 379 g/mol. The molecule has 1 aliphatic heterocycles. The molecule has 1 saturated heterocycles. The number of furan rings is 1. The predicted octanol–water partition coefficient (Wildman–Crippen LogP) is 3.22.